The molecule has 0 aliphatic heterocycles. The monoisotopic (exact) mass is 256 g/mol. The minimum absolute atomic E-state index is 0.120. The molecule has 1 aliphatic rings. The summed E-state index contributed by atoms with van der Waals surface area (Å²) in [6, 6.07) is 0.107. The van der Waals surface area contributed by atoms with Crippen LogP contribution in [0, 0.1) is 5.92 Å². The maximum atomic E-state index is 12.2. The van der Waals surface area contributed by atoms with Gasteiger partial charge in [0, 0.05) is 19.6 Å². The molecule has 1 N–H and O–H groups in total. The van der Waals surface area contributed by atoms with E-state index in [2.05, 4.69) is 4.90 Å². The molecule has 0 aromatic heterocycles. The Morgan fingerprint density at radius 2 is 1.89 bits per heavy atom. The average Bonchev–Trinajstić information content (AvgIpc) is 2.71. The highest BCUT2D eigenvalue weighted by atomic mass is 16.3. The molecule has 3 unspecified atom stereocenters. The number of carbonyl (C=O) groups is 1. The Morgan fingerprint density at radius 1 is 1.28 bits per heavy atom. The average molecular weight is 256 g/mol. The van der Waals surface area contributed by atoms with E-state index in [1.807, 2.05) is 34.9 Å². The van der Waals surface area contributed by atoms with Crippen LogP contribution in [0.25, 0.3) is 0 Å². The lowest BCUT2D eigenvalue weighted by molar-refractivity contribution is -0.136. The van der Waals surface area contributed by atoms with Gasteiger partial charge in [-0.25, -0.2) is 0 Å². The van der Waals surface area contributed by atoms with Crippen molar-refractivity contribution in [3.05, 3.63) is 0 Å². The normalized spacial score (nSPS) is 25.8. The van der Waals surface area contributed by atoms with Gasteiger partial charge in [0.25, 0.3) is 0 Å². The van der Waals surface area contributed by atoms with Crippen LogP contribution in [-0.2, 0) is 4.79 Å². The lowest BCUT2D eigenvalue weighted by Gasteiger charge is -2.32. The van der Waals surface area contributed by atoms with Gasteiger partial charge in [0.15, 0.2) is 0 Å². The molecule has 0 radical (unpaired) electrons. The van der Waals surface area contributed by atoms with E-state index in [-0.39, 0.29) is 24.1 Å². The van der Waals surface area contributed by atoms with Gasteiger partial charge in [0.2, 0.25) is 5.91 Å². The first-order chi connectivity index (χ1) is 8.34. The fourth-order valence-corrected chi connectivity index (χ4v) is 2.50. The zero-order valence-electron chi connectivity index (χ0n) is 12.4. The first-order valence-corrected chi connectivity index (χ1v) is 6.99. The number of hydrogen-bond acceptors (Lipinski definition) is 3. The summed E-state index contributed by atoms with van der Waals surface area (Å²) in [7, 11) is 3.82. The lowest BCUT2D eigenvalue weighted by atomic mass is 10.0. The van der Waals surface area contributed by atoms with Gasteiger partial charge in [-0.2, -0.15) is 0 Å². The lowest BCUT2D eigenvalue weighted by Crippen LogP contribution is -2.48. The van der Waals surface area contributed by atoms with Crippen molar-refractivity contribution in [2.24, 2.45) is 5.92 Å². The highest BCUT2D eigenvalue weighted by molar-refractivity contribution is 5.81. The second kappa shape index (κ2) is 6.53. The summed E-state index contributed by atoms with van der Waals surface area (Å²) in [6.45, 7) is 6.79. The van der Waals surface area contributed by atoms with Crippen LogP contribution in [0.3, 0.4) is 0 Å². The number of aliphatic hydroxyl groups is 1. The first-order valence-electron chi connectivity index (χ1n) is 6.99. The predicted molar refractivity (Wildman–Crippen MR) is 73.3 cm³/mol. The van der Waals surface area contributed by atoms with Crippen molar-refractivity contribution in [3.63, 3.8) is 0 Å². The van der Waals surface area contributed by atoms with Crippen molar-refractivity contribution in [2.45, 2.75) is 58.2 Å². The molecule has 1 amide bonds. The van der Waals surface area contributed by atoms with Crippen LogP contribution in [0.4, 0.5) is 0 Å². The molecule has 0 bridgehead atoms. The standard InChI is InChI=1S/C14H28N2O2/c1-10(2)16(5)14(18)11(3)15(4)9-12-7-6-8-13(12)17/h10-13,17H,6-9H2,1-5H3. The summed E-state index contributed by atoms with van der Waals surface area (Å²) >= 11 is 0. The molecule has 1 fully saturated rings. The summed E-state index contributed by atoms with van der Waals surface area (Å²) < 4.78 is 0. The molecule has 0 aromatic rings. The number of amides is 1. The number of likely N-dealkylation sites (N-methyl/N-ethyl adjacent to an activating group) is 2. The Balaban J connectivity index is 2.50. The molecular formula is C14H28N2O2. The number of aliphatic hydroxyl groups excluding tert-OH is 1. The van der Waals surface area contributed by atoms with Gasteiger partial charge in [-0.3, -0.25) is 9.69 Å². The van der Waals surface area contributed by atoms with E-state index in [0.29, 0.717) is 5.92 Å². The first kappa shape index (κ1) is 15.4. The van der Waals surface area contributed by atoms with Crippen LogP contribution in [-0.4, -0.2) is 59.6 Å². The fraction of sp³-hybridized carbons (Fsp3) is 0.929. The molecule has 0 heterocycles. The van der Waals surface area contributed by atoms with Gasteiger partial charge in [0.1, 0.15) is 0 Å². The maximum Gasteiger partial charge on any atom is 0.239 e. The quantitative estimate of drug-likeness (QED) is 0.807. The van der Waals surface area contributed by atoms with Crippen LogP contribution in [0.2, 0.25) is 0 Å². The molecule has 106 valence electrons. The van der Waals surface area contributed by atoms with Crippen LogP contribution in [0.5, 0.6) is 0 Å². The fourth-order valence-electron chi connectivity index (χ4n) is 2.50. The molecule has 0 saturated heterocycles. The molecule has 18 heavy (non-hydrogen) atoms. The van der Waals surface area contributed by atoms with Crippen LogP contribution in [0.15, 0.2) is 0 Å². The Hall–Kier alpha value is -0.610. The van der Waals surface area contributed by atoms with Crippen LogP contribution in [0.1, 0.15) is 40.0 Å². The van der Waals surface area contributed by atoms with Gasteiger partial charge >= 0.3 is 0 Å². The molecule has 1 rings (SSSR count). The topological polar surface area (TPSA) is 43.8 Å². The Bertz CT molecular complexity index is 281. The number of carbonyl (C=O) groups excluding carboxylic acids is 1. The van der Waals surface area contributed by atoms with Crippen molar-refractivity contribution in [2.75, 3.05) is 20.6 Å². The third-order valence-electron chi connectivity index (χ3n) is 4.28. The van der Waals surface area contributed by atoms with E-state index < -0.39 is 0 Å². The second-order valence-electron chi connectivity index (χ2n) is 5.92. The summed E-state index contributed by atoms with van der Waals surface area (Å²) in [5.74, 6) is 0.481. The largest absolute Gasteiger partial charge is 0.393 e. The zero-order chi connectivity index (χ0) is 13.9. The summed E-state index contributed by atoms with van der Waals surface area (Å²) in [5.41, 5.74) is 0. The zero-order valence-corrected chi connectivity index (χ0v) is 12.4. The highest BCUT2D eigenvalue weighted by Crippen LogP contribution is 2.26. The van der Waals surface area contributed by atoms with E-state index in [4.69, 9.17) is 0 Å². The third-order valence-corrected chi connectivity index (χ3v) is 4.28. The van der Waals surface area contributed by atoms with Crippen LogP contribution >= 0.6 is 0 Å². The van der Waals surface area contributed by atoms with Crippen molar-refractivity contribution < 1.29 is 9.90 Å². The Kier molecular flexibility index (Phi) is 5.60. The SMILES string of the molecule is CC(C(=O)N(C)C(C)C)N(C)CC1CCCC1O. The Labute approximate surface area is 111 Å². The van der Waals surface area contributed by atoms with Crippen molar-refractivity contribution in [3.8, 4) is 0 Å². The Morgan fingerprint density at radius 3 is 2.33 bits per heavy atom. The second-order valence-corrected chi connectivity index (χ2v) is 5.92. The smallest absolute Gasteiger partial charge is 0.239 e. The summed E-state index contributed by atoms with van der Waals surface area (Å²) in [5, 5.41) is 9.83. The maximum absolute atomic E-state index is 12.2. The number of hydrogen-bond donors (Lipinski definition) is 1. The van der Waals surface area contributed by atoms with Gasteiger partial charge in [-0.05, 0) is 46.6 Å². The molecular weight excluding hydrogens is 228 g/mol. The highest BCUT2D eigenvalue weighted by Gasteiger charge is 2.30. The minimum atomic E-state index is -0.183. The van der Waals surface area contributed by atoms with Crippen LogP contribution < -0.4 is 0 Å². The van der Waals surface area contributed by atoms with E-state index in [1.165, 1.54) is 0 Å². The van der Waals surface area contributed by atoms with E-state index >= 15 is 0 Å². The number of rotatable bonds is 5. The van der Waals surface area contributed by atoms with Crippen molar-refractivity contribution >= 4 is 5.91 Å². The van der Waals surface area contributed by atoms with E-state index in [1.54, 1.807) is 4.90 Å². The minimum Gasteiger partial charge on any atom is -0.393 e. The van der Waals surface area contributed by atoms with Gasteiger partial charge in [0.05, 0.1) is 12.1 Å². The molecule has 1 saturated carbocycles. The predicted octanol–water partition coefficient (Wildman–Crippen LogP) is 1.33. The van der Waals surface area contributed by atoms with Gasteiger partial charge in [-0.1, -0.05) is 6.42 Å². The van der Waals surface area contributed by atoms with Gasteiger partial charge in [-0.15, -0.1) is 0 Å². The molecule has 0 aromatic carbocycles. The van der Waals surface area contributed by atoms with Crippen molar-refractivity contribution in [1.82, 2.24) is 9.80 Å². The van der Waals surface area contributed by atoms with Gasteiger partial charge < -0.3 is 10.0 Å². The molecule has 4 heteroatoms. The van der Waals surface area contributed by atoms with E-state index in [9.17, 15) is 9.90 Å². The third kappa shape index (κ3) is 3.69. The number of nitrogens with zero attached hydrogens (tertiary/aromatic N) is 2. The molecule has 3 atom stereocenters. The molecule has 0 spiro atoms. The molecule has 1 aliphatic carbocycles. The summed E-state index contributed by atoms with van der Waals surface area (Å²) in [4.78, 5) is 16.1. The summed E-state index contributed by atoms with van der Waals surface area (Å²) in [6.07, 6.45) is 2.91. The molecule has 4 nitrogen and oxygen atoms in total. The van der Waals surface area contributed by atoms with Crippen molar-refractivity contribution in [1.29, 1.82) is 0 Å². The van der Waals surface area contributed by atoms with E-state index in [0.717, 1.165) is 25.8 Å².